The second kappa shape index (κ2) is 8.76. The van der Waals surface area contributed by atoms with Gasteiger partial charge in [0.05, 0.1) is 25.8 Å². The van der Waals surface area contributed by atoms with E-state index in [1.54, 1.807) is 25.2 Å². The second-order valence-corrected chi connectivity index (χ2v) is 6.94. The number of halogens is 1. The first kappa shape index (κ1) is 19.7. The van der Waals surface area contributed by atoms with Crippen LogP contribution in [-0.2, 0) is 16.0 Å². The normalized spacial score (nSPS) is 10.5. The van der Waals surface area contributed by atoms with Crippen molar-refractivity contribution in [3.63, 3.8) is 0 Å². The fourth-order valence-corrected chi connectivity index (χ4v) is 3.10. The molecule has 0 spiro atoms. The quantitative estimate of drug-likeness (QED) is 0.681. The lowest BCUT2D eigenvalue weighted by Gasteiger charge is -2.18. The molecule has 3 aromatic carbocycles. The maximum atomic E-state index is 12.5. The monoisotopic (exact) mass is 396 g/mol. The molecule has 0 saturated heterocycles. The summed E-state index contributed by atoms with van der Waals surface area (Å²) in [6.45, 7) is -0.0674. The van der Waals surface area contributed by atoms with Crippen LogP contribution in [0, 0.1) is 0 Å². The third-order valence-electron chi connectivity index (χ3n) is 4.41. The van der Waals surface area contributed by atoms with E-state index < -0.39 is 0 Å². The fraction of sp³-hybridized carbons (Fsp3) is 0.182. The number of nitrogens with zero attached hydrogens (tertiary/aromatic N) is 1. The van der Waals surface area contributed by atoms with Gasteiger partial charge in [-0.1, -0.05) is 54.1 Å². The molecule has 0 fully saturated rings. The van der Waals surface area contributed by atoms with Crippen LogP contribution >= 0.6 is 11.6 Å². The molecule has 28 heavy (non-hydrogen) atoms. The largest absolute Gasteiger partial charge is 0.495 e. The van der Waals surface area contributed by atoms with Crippen molar-refractivity contribution in [3.05, 3.63) is 71.2 Å². The van der Waals surface area contributed by atoms with Crippen LogP contribution in [0.25, 0.3) is 10.8 Å². The summed E-state index contributed by atoms with van der Waals surface area (Å²) in [5.74, 6) is 0.0429. The molecule has 2 amide bonds. The summed E-state index contributed by atoms with van der Waals surface area (Å²) in [5.41, 5.74) is 1.38. The molecule has 0 aromatic heterocycles. The summed E-state index contributed by atoms with van der Waals surface area (Å²) in [6, 6.07) is 18.9. The molecule has 0 saturated carbocycles. The number of methoxy groups -OCH3 is 1. The standard InChI is InChI=1S/C22H21ClN2O3/c1-25(14-21(26)24-19-13-18(23)9-10-20(19)28-2)22(27)12-15-7-8-16-5-3-4-6-17(16)11-15/h3-11,13H,12,14H2,1-2H3,(H,24,26). The minimum Gasteiger partial charge on any atom is -0.495 e. The summed E-state index contributed by atoms with van der Waals surface area (Å²) in [5, 5.41) is 5.43. The van der Waals surface area contributed by atoms with Gasteiger partial charge < -0.3 is 15.0 Å². The van der Waals surface area contributed by atoms with Gasteiger partial charge in [0.2, 0.25) is 11.8 Å². The Labute approximate surface area is 168 Å². The molecule has 0 aliphatic carbocycles. The van der Waals surface area contributed by atoms with Crippen LogP contribution in [0.15, 0.2) is 60.7 Å². The smallest absolute Gasteiger partial charge is 0.244 e. The summed E-state index contributed by atoms with van der Waals surface area (Å²) >= 11 is 5.97. The molecule has 0 bridgehead atoms. The van der Waals surface area contributed by atoms with Gasteiger partial charge in [0.15, 0.2) is 0 Å². The zero-order chi connectivity index (χ0) is 20.1. The Bertz CT molecular complexity index is 1020. The first-order valence-electron chi connectivity index (χ1n) is 8.81. The summed E-state index contributed by atoms with van der Waals surface area (Å²) in [7, 11) is 3.12. The average Bonchev–Trinajstić information content (AvgIpc) is 2.68. The highest BCUT2D eigenvalue weighted by molar-refractivity contribution is 6.31. The van der Waals surface area contributed by atoms with Crippen LogP contribution in [0.1, 0.15) is 5.56 Å². The van der Waals surface area contributed by atoms with Crippen LogP contribution in [0.4, 0.5) is 5.69 Å². The van der Waals surface area contributed by atoms with E-state index in [0.29, 0.717) is 16.5 Å². The molecule has 0 heterocycles. The average molecular weight is 397 g/mol. The van der Waals surface area contributed by atoms with Gasteiger partial charge in [-0.05, 0) is 34.5 Å². The van der Waals surface area contributed by atoms with Gasteiger partial charge in [0, 0.05) is 12.1 Å². The highest BCUT2D eigenvalue weighted by atomic mass is 35.5. The third kappa shape index (κ3) is 4.81. The first-order chi connectivity index (χ1) is 13.5. The minimum absolute atomic E-state index is 0.0674. The van der Waals surface area contributed by atoms with E-state index in [1.165, 1.54) is 12.0 Å². The van der Waals surface area contributed by atoms with Gasteiger partial charge in [-0.15, -0.1) is 0 Å². The van der Waals surface area contributed by atoms with Crippen molar-refractivity contribution in [2.45, 2.75) is 6.42 Å². The predicted octanol–water partition coefficient (Wildman–Crippen LogP) is 4.14. The lowest BCUT2D eigenvalue weighted by Crippen LogP contribution is -2.35. The molecule has 5 nitrogen and oxygen atoms in total. The number of likely N-dealkylation sites (N-methyl/N-ethyl adjacent to an activating group) is 1. The second-order valence-electron chi connectivity index (χ2n) is 6.50. The Morgan fingerprint density at radius 1 is 1.04 bits per heavy atom. The van der Waals surface area contributed by atoms with Crippen LogP contribution in [-0.4, -0.2) is 37.4 Å². The number of anilines is 1. The zero-order valence-electron chi connectivity index (χ0n) is 15.7. The lowest BCUT2D eigenvalue weighted by atomic mass is 10.0. The van der Waals surface area contributed by atoms with Gasteiger partial charge in [0.1, 0.15) is 5.75 Å². The van der Waals surface area contributed by atoms with E-state index in [9.17, 15) is 9.59 Å². The van der Waals surface area contributed by atoms with E-state index in [1.807, 2.05) is 42.5 Å². The van der Waals surface area contributed by atoms with Crippen molar-refractivity contribution in [1.82, 2.24) is 4.90 Å². The first-order valence-corrected chi connectivity index (χ1v) is 9.19. The minimum atomic E-state index is -0.324. The number of benzene rings is 3. The number of hydrogen-bond donors (Lipinski definition) is 1. The number of hydrogen-bond acceptors (Lipinski definition) is 3. The van der Waals surface area contributed by atoms with E-state index in [2.05, 4.69) is 5.32 Å². The Hall–Kier alpha value is -3.05. The van der Waals surface area contributed by atoms with Crippen molar-refractivity contribution in [2.24, 2.45) is 0 Å². The number of carbonyl (C=O) groups is 2. The molecular weight excluding hydrogens is 376 g/mol. The van der Waals surface area contributed by atoms with Gasteiger partial charge in [-0.25, -0.2) is 0 Å². The molecule has 6 heteroatoms. The number of fused-ring (bicyclic) bond motifs is 1. The highest BCUT2D eigenvalue weighted by Gasteiger charge is 2.15. The van der Waals surface area contributed by atoms with Crippen LogP contribution < -0.4 is 10.1 Å². The number of ether oxygens (including phenoxy) is 1. The van der Waals surface area contributed by atoms with E-state index in [4.69, 9.17) is 16.3 Å². The molecular formula is C22H21ClN2O3. The summed E-state index contributed by atoms with van der Waals surface area (Å²) in [4.78, 5) is 26.2. The van der Waals surface area contributed by atoms with Gasteiger partial charge in [0.25, 0.3) is 0 Å². The Morgan fingerprint density at radius 3 is 2.54 bits per heavy atom. The van der Waals surface area contributed by atoms with Gasteiger partial charge in [-0.2, -0.15) is 0 Å². The number of rotatable bonds is 6. The fourth-order valence-electron chi connectivity index (χ4n) is 2.93. The summed E-state index contributed by atoms with van der Waals surface area (Å²) < 4.78 is 5.21. The van der Waals surface area contributed by atoms with Gasteiger partial charge in [-0.3, -0.25) is 9.59 Å². The molecule has 0 aliphatic rings. The molecule has 0 aliphatic heterocycles. The van der Waals surface area contributed by atoms with E-state index in [-0.39, 0.29) is 24.8 Å². The lowest BCUT2D eigenvalue weighted by molar-refractivity contribution is -0.132. The molecule has 1 N–H and O–H groups in total. The molecule has 0 unspecified atom stereocenters. The highest BCUT2D eigenvalue weighted by Crippen LogP contribution is 2.27. The van der Waals surface area contributed by atoms with Gasteiger partial charge >= 0.3 is 0 Å². The predicted molar refractivity (Wildman–Crippen MR) is 112 cm³/mol. The van der Waals surface area contributed by atoms with Crippen molar-refractivity contribution < 1.29 is 14.3 Å². The molecule has 144 valence electrons. The Kier molecular flexibility index (Phi) is 6.16. The van der Waals surface area contributed by atoms with Crippen LogP contribution in [0.2, 0.25) is 5.02 Å². The number of amides is 2. The third-order valence-corrected chi connectivity index (χ3v) is 4.65. The molecule has 0 atom stereocenters. The zero-order valence-corrected chi connectivity index (χ0v) is 16.5. The van der Waals surface area contributed by atoms with Crippen LogP contribution in [0.5, 0.6) is 5.75 Å². The van der Waals surface area contributed by atoms with E-state index in [0.717, 1.165) is 16.3 Å². The molecule has 3 aromatic rings. The maximum Gasteiger partial charge on any atom is 0.244 e. The van der Waals surface area contributed by atoms with E-state index >= 15 is 0 Å². The number of nitrogens with one attached hydrogen (secondary N) is 1. The van der Waals surface area contributed by atoms with Crippen molar-refractivity contribution in [2.75, 3.05) is 26.0 Å². The molecule has 0 radical (unpaired) electrons. The van der Waals surface area contributed by atoms with Crippen molar-refractivity contribution in [1.29, 1.82) is 0 Å². The Morgan fingerprint density at radius 2 is 1.79 bits per heavy atom. The Balaban J connectivity index is 1.61. The molecule has 3 rings (SSSR count). The maximum absolute atomic E-state index is 12.5. The van der Waals surface area contributed by atoms with Crippen molar-refractivity contribution >= 4 is 39.9 Å². The SMILES string of the molecule is COc1ccc(Cl)cc1NC(=O)CN(C)C(=O)Cc1ccc2ccccc2c1. The topological polar surface area (TPSA) is 58.6 Å². The van der Waals surface area contributed by atoms with Crippen LogP contribution in [0.3, 0.4) is 0 Å². The number of carbonyl (C=O) groups excluding carboxylic acids is 2. The summed E-state index contributed by atoms with van der Waals surface area (Å²) in [6.07, 6.45) is 0.231. The van der Waals surface area contributed by atoms with Crippen molar-refractivity contribution in [3.8, 4) is 5.75 Å².